The zero-order valence-electron chi connectivity index (χ0n) is 9.38. The minimum Gasteiger partial charge on any atom is -0.350 e. The highest BCUT2D eigenvalue weighted by Gasteiger charge is 2.17. The van der Waals surface area contributed by atoms with Crippen LogP contribution in [0.4, 0.5) is 0 Å². The maximum atomic E-state index is 11.7. The van der Waals surface area contributed by atoms with E-state index in [2.05, 4.69) is 10.4 Å². The molecule has 1 N–H and O–H groups in total. The number of hydrogen-bond donors (Lipinski definition) is 1. The van der Waals surface area contributed by atoms with E-state index in [0.717, 1.165) is 11.4 Å². The molecule has 0 fully saturated rings. The number of rotatable bonds is 2. The molecule has 0 unspecified atom stereocenters. The molecule has 78 valence electrons. The Kier molecular flexibility index (Phi) is 2.93. The summed E-state index contributed by atoms with van der Waals surface area (Å²) in [5, 5.41) is 7.06. The van der Waals surface area contributed by atoms with Gasteiger partial charge < -0.3 is 5.32 Å². The first-order valence-electron chi connectivity index (χ1n) is 4.74. The van der Waals surface area contributed by atoms with Gasteiger partial charge in [0.2, 0.25) is 0 Å². The fourth-order valence-electron chi connectivity index (χ4n) is 1.44. The Labute approximate surface area is 84.3 Å². The van der Waals surface area contributed by atoms with E-state index in [0.29, 0.717) is 5.56 Å². The van der Waals surface area contributed by atoms with Crippen LogP contribution in [0.25, 0.3) is 0 Å². The van der Waals surface area contributed by atoms with Crippen LogP contribution in [0.2, 0.25) is 0 Å². The standard InChI is InChI=1S/C10H17N3O/c1-6(2)11-10(14)9-7(3)12-13(5)8(9)4/h6H,1-5H3,(H,11,14). The van der Waals surface area contributed by atoms with Gasteiger partial charge in [0, 0.05) is 18.8 Å². The predicted molar refractivity (Wildman–Crippen MR) is 55.3 cm³/mol. The van der Waals surface area contributed by atoms with Crippen molar-refractivity contribution >= 4 is 5.91 Å². The van der Waals surface area contributed by atoms with Gasteiger partial charge in [-0.15, -0.1) is 0 Å². The van der Waals surface area contributed by atoms with Crippen LogP contribution >= 0.6 is 0 Å². The number of hydrogen-bond acceptors (Lipinski definition) is 2. The van der Waals surface area contributed by atoms with Crippen LogP contribution in [0.5, 0.6) is 0 Å². The van der Waals surface area contributed by atoms with E-state index in [1.165, 1.54) is 0 Å². The molecule has 1 rings (SSSR count). The lowest BCUT2D eigenvalue weighted by molar-refractivity contribution is 0.0942. The Morgan fingerprint density at radius 1 is 1.43 bits per heavy atom. The Hall–Kier alpha value is -1.32. The number of nitrogens with zero attached hydrogens (tertiary/aromatic N) is 2. The normalized spacial score (nSPS) is 10.7. The zero-order valence-corrected chi connectivity index (χ0v) is 9.38. The smallest absolute Gasteiger partial charge is 0.255 e. The Balaban J connectivity index is 3.00. The number of amides is 1. The lowest BCUT2D eigenvalue weighted by Gasteiger charge is -2.08. The first-order valence-corrected chi connectivity index (χ1v) is 4.74. The molecule has 0 aromatic carbocycles. The Morgan fingerprint density at radius 2 is 2.00 bits per heavy atom. The molecule has 0 aliphatic carbocycles. The fourth-order valence-corrected chi connectivity index (χ4v) is 1.44. The largest absolute Gasteiger partial charge is 0.350 e. The topological polar surface area (TPSA) is 46.9 Å². The highest BCUT2D eigenvalue weighted by atomic mass is 16.1. The summed E-state index contributed by atoms with van der Waals surface area (Å²) < 4.78 is 1.73. The lowest BCUT2D eigenvalue weighted by atomic mass is 10.2. The molecule has 0 aliphatic rings. The molecule has 0 radical (unpaired) electrons. The second-order valence-corrected chi connectivity index (χ2v) is 3.80. The summed E-state index contributed by atoms with van der Waals surface area (Å²) in [6.45, 7) is 7.63. The molecule has 4 nitrogen and oxygen atoms in total. The van der Waals surface area contributed by atoms with Crippen LogP contribution < -0.4 is 5.32 Å². The van der Waals surface area contributed by atoms with Crippen LogP contribution in [0, 0.1) is 13.8 Å². The summed E-state index contributed by atoms with van der Waals surface area (Å²) in [6.07, 6.45) is 0. The van der Waals surface area contributed by atoms with E-state index < -0.39 is 0 Å². The van der Waals surface area contributed by atoms with Gasteiger partial charge in [-0.3, -0.25) is 9.48 Å². The van der Waals surface area contributed by atoms with Crippen molar-refractivity contribution in [3.63, 3.8) is 0 Å². The molecule has 0 saturated heterocycles. The van der Waals surface area contributed by atoms with Gasteiger partial charge in [-0.05, 0) is 27.7 Å². The van der Waals surface area contributed by atoms with Crippen molar-refractivity contribution in [2.24, 2.45) is 7.05 Å². The van der Waals surface area contributed by atoms with Crippen molar-refractivity contribution < 1.29 is 4.79 Å². The van der Waals surface area contributed by atoms with Crippen molar-refractivity contribution in [2.45, 2.75) is 33.7 Å². The average molecular weight is 195 g/mol. The second kappa shape index (κ2) is 3.82. The Bertz CT molecular complexity index is 352. The first-order chi connectivity index (χ1) is 6.43. The van der Waals surface area contributed by atoms with Crippen LogP contribution in [-0.2, 0) is 7.05 Å². The van der Waals surface area contributed by atoms with E-state index in [1.54, 1.807) is 4.68 Å². The highest BCUT2D eigenvalue weighted by Crippen LogP contribution is 2.11. The molecular formula is C10H17N3O. The molecule has 14 heavy (non-hydrogen) atoms. The minimum absolute atomic E-state index is 0.0388. The molecule has 1 amide bonds. The maximum absolute atomic E-state index is 11.7. The van der Waals surface area contributed by atoms with Crippen LogP contribution in [0.3, 0.4) is 0 Å². The summed E-state index contributed by atoms with van der Waals surface area (Å²) in [7, 11) is 1.84. The number of carbonyl (C=O) groups is 1. The fraction of sp³-hybridized carbons (Fsp3) is 0.600. The highest BCUT2D eigenvalue weighted by molar-refractivity contribution is 5.96. The minimum atomic E-state index is -0.0388. The van der Waals surface area contributed by atoms with Gasteiger partial charge in [0.05, 0.1) is 11.3 Å². The van der Waals surface area contributed by atoms with Gasteiger partial charge in [-0.2, -0.15) is 5.10 Å². The monoisotopic (exact) mass is 195 g/mol. The summed E-state index contributed by atoms with van der Waals surface area (Å²) in [4.78, 5) is 11.7. The van der Waals surface area contributed by atoms with E-state index in [1.807, 2.05) is 34.7 Å². The van der Waals surface area contributed by atoms with E-state index >= 15 is 0 Å². The molecule has 4 heteroatoms. The van der Waals surface area contributed by atoms with Gasteiger partial charge in [0.25, 0.3) is 5.91 Å². The van der Waals surface area contributed by atoms with E-state index in [4.69, 9.17) is 0 Å². The number of aromatic nitrogens is 2. The van der Waals surface area contributed by atoms with Crippen LogP contribution in [-0.4, -0.2) is 21.7 Å². The SMILES string of the molecule is Cc1nn(C)c(C)c1C(=O)NC(C)C. The van der Waals surface area contributed by atoms with Gasteiger partial charge in [0.1, 0.15) is 0 Å². The van der Waals surface area contributed by atoms with Crippen LogP contribution in [0.1, 0.15) is 35.6 Å². The van der Waals surface area contributed by atoms with Crippen molar-refractivity contribution in [3.8, 4) is 0 Å². The zero-order chi connectivity index (χ0) is 10.9. The third-order valence-electron chi connectivity index (χ3n) is 2.16. The summed E-state index contributed by atoms with van der Waals surface area (Å²) in [6, 6.07) is 0.154. The van der Waals surface area contributed by atoms with E-state index in [9.17, 15) is 4.79 Å². The number of aryl methyl sites for hydroxylation is 2. The predicted octanol–water partition coefficient (Wildman–Crippen LogP) is 1.18. The van der Waals surface area contributed by atoms with Gasteiger partial charge in [0.15, 0.2) is 0 Å². The third-order valence-corrected chi connectivity index (χ3v) is 2.16. The van der Waals surface area contributed by atoms with Crippen molar-refractivity contribution in [1.29, 1.82) is 0 Å². The van der Waals surface area contributed by atoms with Crippen molar-refractivity contribution in [3.05, 3.63) is 17.0 Å². The maximum Gasteiger partial charge on any atom is 0.255 e. The van der Waals surface area contributed by atoms with Gasteiger partial charge >= 0.3 is 0 Å². The molecule has 0 spiro atoms. The summed E-state index contributed by atoms with van der Waals surface area (Å²) in [5.41, 5.74) is 2.38. The molecule has 0 saturated carbocycles. The quantitative estimate of drug-likeness (QED) is 0.770. The lowest BCUT2D eigenvalue weighted by Crippen LogP contribution is -2.30. The van der Waals surface area contributed by atoms with Crippen molar-refractivity contribution in [1.82, 2.24) is 15.1 Å². The van der Waals surface area contributed by atoms with Crippen LogP contribution in [0.15, 0.2) is 0 Å². The molecule has 0 aliphatic heterocycles. The van der Waals surface area contributed by atoms with E-state index in [-0.39, 0.29) is 11.9 Å². The second-order valence-electron chi connectivity index (χ2n) is 3.80. The third kappa shape index (κ3) is 1.95. The molecule has 0 atom stereocenters. The number of carbonyl (C=O) groups excluding carboxylic acids is 1. The summed E-state index contributed by atoms with van der Waals surface area (Å²) in [5.74, 6) is -0.0388. The number of nitrogens with one attached hydrogen (secondary N) is 1. The first kappa shape index (κ1) is 10.8. The van der Waals surface area contributed by atoms with Crippen molar-refractivity contribution in [2.75, 3.05) is 0 Å². The van der Waals surface area contributed by atoms with Gasteiger partial charge in [-0.25, -0.2) is 0 Å². The molecule has 1 aromatic heterocycles. The molecular weight excluding hydrogens is 178 g/mol. The molecule has 1 aromatic rings. The average Bonchev–Trinajstić information content (AvgIpc) is 2.25. The Morgan fingerprint density at radius 3 is 2.36 bits per heavy atom. The summed E-state index contributed by atoms with van der Waals surface area (Å²) >= 11 is 0. The molecule has 0 bridgehead atoms. The van der Waals surface area contributed by atoms with Gasteiger partial charge in [-0.1, -0.05) is 0 Å². The molecule has 1 heterocycles.